The van der Waals surface area contributed by atoms with Gasteiger partial charge in [0.15, 0.2) is 0 Å². The third-order valence-corrected chi connectivity index (χ3v) is 6.93. The molecule has 3 unspecified atom stereocenters. The Morgan fingerprint density at radius 2 is 1.90 bits per heavy atom. The van der Waals surface area contributed by atoms with E-state index < -0.39 is 22.3 Å². The molecule has 2 rings (SSSR count). The van der Waals surface area contributed by atoms with Crippen LogP contribution in [0.4, 0.5) is 5.69 Å². The lowest BCUT2D eigenvalue weighted by molar-refractivity contribution is -0.117. The second-order valence-corrected chi connectivity index (χ2v) is 9.84. The van der Waals surface area contributed by atoms with Crippen LogP contribution in [0.1, 0.15) is 70.0 Å². The smallest absolute Gasteiger partial charge is 0.267 e. The fourth-order valence-corrected chi connectivity index (χ4v) is 4.48. The summed E-state index contributed by atoms with van der Waals surface area (Å²) < 4.78 is 27.0. The van der Waals surface area contributed by atoms with Gasteiger partial charge in [0.25, 0.3) is 10.1 Å². The zero-order chi connectivity index (χ0) is 22.9. The first kappa shape index (κ1) is 25.5. The van der Waals surface area contributed by atoms with E-state index in [4.69, 9.17) is 0 Å². The number of anilines is 1. The Labute approximate surface area is 185 Å². The number of hydrogen-bond acceptors (Lipinski definition) is 6. The maximum atomic E-state index is 12.5. The zero-order valence-corrected chi connectivity index (χ0v) is 19.3. The Balaban J connectivity index is 1.95. The highest BCUT2D eigenvalue weighted by Crippen LogP contribution is 2.31. The molecule has 31 heavy (non-hydrogen) atoms. The van der Waals surface area contributed by atoms with Crippen molar-refractivity contribution in [3.05, 3.63) is 42.0 Å². The largest absolute Gasteiger partial charge is 0.390 e. The van der Waals surface area contributed by atoms with Crippen molar-refractivity contribution in [2.24, 2.45) is 0 Å². The molecule has 3 atom stereocenters. The van der Waals surface area contributed by atoms with Gasteiger partial charge in [0.1, 0.15) is 0 Å². The molecule has 1 heterocycles. The number of unbranched alkanes of at least 4 members (excludes halogenated alkanes) is 3. The van der Waals surface area contributed by atoms with Gasteiger partial charge in [0.2, 0.25) is 5.91 Å². The van der Waals surface area contributed by atoms with Crippen LogP contribution in [-0.2, 0) is 19.1 Å². The highest BCUT2D eigenvalue weighted by atomic mass is 32.2. The maximum Gasteiger partial charge on any atom is 0.267 e. The average Bonchev–Trinajstić information content (AvgIpc) is 3.03. The molecule has 0 radical (unpaired) electrons. The maximum absolute atomic E-state index is 12.5. The summed E-state index contributed by atoms with van der Waals surface area (Å²) in [6.45, 7) is 2.13. The summed E-state index contributed by atoms with van der Waals surface area (Å²) in [6, 6.07) is 6.95. The van der Waals surface area contributed by atoms with Crippen LogP contribution in [0.5, 0.6) is 0 Å². The lowest BCUT2D eigenvalue weighted by Crippen LogP contribution is -2.36. The number of allylic oxidation sites excluding steroid dienone is 1. The SMILES string of the molecule is CCCCCC(O)c1ccc(N2C(=O)CC(O)C2C/C=C\CCCS(=O)(=O)OC)cc1. The molecule has 1 aromatic rings. The summed E-state index contributed by atoms with van der Waals surface area (Å²) in [4.78, 5) is 14.1. The first-order valence-electron chi connectivity index (χ1n) is 11.0. The van der Waals surface area contributed by atoms with Crippen molar-refractivity contribution in [1.82, 2.24) is 0 Å². The molecule has 0 aliphatic carbocycles. The fourth-order valence-electron chi connectivity index (χ4n) is 3.79. The molecule has 0 saturated carbocycles. The van der Waals surface area contributed by atoms with Crippen LogP contribution in [0, 0.1) is 0 Å². The highest BCUT2D eigenvalue weighted by Gasteiger charge is 2.38. The van der Waals surface area contributed by atoms with Gasteiger partial charge in [-0.3, -0.25) is 8.98 Å². The number of amides is 1. The number of rotatable bonds is 13. The predicted molar refractivity (Wildman–Crippen MR) is 121 cm³/mol. The summed E-state index contributed by atoms with van der Waals surface area (Å²) in [5, 5.41) is 20.7. The Hall–Kier alpha value is -1.74. The van der Waals surface area contributed by atoms with E-state index in [9.17, 15) is 23.4 Å². The number of hydrogen-bond donors (Lipinski definition) is 2. The highest BCUT2D eigenvalue weighted by molar-refractivity contribution is 7.86. The molecule has 7 nitrogen and oxygen atoms in total. The van der Waals surface area contributed by atoms with Crippen LogP contribution >= 0.6 is 0 Å². The van der Waals surface area contributed by atoms with E-state index >= 15 is 0 Å². The molecule has 174 valence electrons. The molecular formula is C23H35NO6S. The van der Waals surface area contributed by atoms with Gasteiger partial charge in [0, 0.05) is 5.69 Å². The minimum absolute atomic E-state index is 0.0405. The van der Waals surface area contributed by atoms with Crippen LogP contribution in [0.25, 0.3) is 0 Å². The summed E-state index contributed by atoms with van der Waals surface area (Å²) in [6.07, 6.45) is 7.94. The van der Waals surface area contributed by atoms with Gasteiger partial charge in [-0.05, 0) is 43.4 Å². The van der Waals surface area contributed by atoms with Crippen molar-refractivity contribution in [2.75, 3.05) is 17.8 Å². The van der Waals surface area contributed by atoms with Gasteiger partial charge in [0.05, 0.1) is 37.5 Å². The average molecular weight is 454 g/mol. The molecule has 1 fully saturated rings. The summed E-state index contributed by atoms with van der Waals surface area (Å²) in [7, 11) is -2.29. The Bertz CT molecular complexity index is 821. The second-order valence-electron chi connectivity index (χ2n) is 7.98. The molecule has 1 aliphatic heterocycles. The lowest BCUT2D eigenvalue weighted by atomic mass is 10.0. The van der Waals surface area contributed by atoms with Gasteiger partial charge in [-0.1, -0.05) is 50.5 Å². The van der Waals surface area contributed by atoms with Crippen molar-refractivity contribution >= 4 is 21.7 Å². The van der Waals surface area contributed by atoms with Gasteiger partial charge in [-0.2, -0.15) is 8.42 Å². The molecule has 1 amide bonds. The molecule has 1 aromatic carbocycles. The Morgan fingerprint density at radius 3 is 2.55 bits per heavy atom. The summed E-state index contributed by atoms with van der Waals surface area (Å²) >= 11 is 0. The number of benzene rings is 1. The second kappa shape index (κ2) is 12.3. The Kier molecular flexibility index (Phi) is 10.2. The molecule has 0 bridgehead atoms. The third-order valence-electron chi connectivity index (χ3n) is 5.63. The van der Waals surface area contributed by atoms with Gasteiger partial charge in [-0.15, -0.1) is 0 Å². The van der Waals surface area contributed by atoms with Crippen LogP contribution in [0.3, 0.4) is 0 Å². The van der Waals surface area contributed by atoms with Crippen LogP contribution in [-0.4, -0.2) is 49.5 Å². The number of carbonyl (C=O) groups is 1. The summed E-state index contributed by atoms with van der Waals surface area (Å²) in [5.74, 6) is -0.172. The van der Waals surface area contributed by atoms with E-state index in [-0.39, 0.29) is 24.1 Å². The topological polar surface area (TPSA) is 104 Å². The molecule has 0 aromatic heterocycles. The van der Waals surface area contributed by atoms with Crippen molar-refractivity contribution in [1.29, 1.82) is 0 Å². The fraction of sp³-hybridized carbons (Fsp3) is 0.609. The van der Waals surface area contributed by atoms with Gasteiger partial charge < -0.3 is 15.1 Å². The molecule has 0 spiro atoms. The van der Waals surface area contributed by atoms with Crippen LogP contribution in [0.2, 0.25) is 0 Å². The molecule has 8 heteroatoms. The number of carbonyl (C=O) groups excluding carboxylic acids is 1. The number of nitrogens with zero attached hydrogens (tertiary/aromatic N) is 1. The molecular weight excluding hydrogens is 418 g/mol. The summed E-state index contributed by atoms with van der Waals surface area (Å²) in [5.41, 5.74) is 1.53. The van der Waals surface area contributed by atoms with Crippen molar-refractivity contribution in [3.63, 3.8) is 0 Å². The van der Waals surface area contributed by atoms with Crippen molar-refractivity contribution in [3.8, 4) is 0 Å². The number of aliphatic hydroxyl groups is 2. The normalized spacial score (nSPS) is 20.6. The molecule has 2 N–H and O–H groups in total. The van der Waals surface area contributed by atoms with Crippen LogP contribution < -0.4 is 4.90 Å². The van der Waals surface area contributed by atoms with Gasteiger partial charge in [-0.25, -0.2) is 0 Å². The first-order valence-corrected chi connectivity index (χ1v) is 12.6. The van der Waals surface area contributed by atoms with E-state index in [0.29, 0.717) is 31.4 Å². The monoisotopic (exact) mass is 453 g/mol. The van der Waals surface area contributed by atoms with E-state index in [1.165, 1.54) is 0 Å². The van der Waals surface area contributed by atoms with E-state index in [1.54, 1.807) is 4.90 Å². The first-order chi connectivity index (χ1) is 14.8. The quantitative estimate of drug-likeness (QED) is 0.269. The lowest BCUT2D eigenvalue weighted by Gasteiger charge is -2.26. The minimum Gasteiger partial charge on any atom is -0.390 e. The molecule has 1 aliphatic rings. The predicted octanol–water partition coefficient (Wildman–Crippen LogP) is 3.47. The third kappa shape index (κ3) is 7.71. The molecule has 1 saturated heterocycles. The van der Waals surface area contributed by atoms with Crippen LogP contribution in [0.15, 0.2) is 36.4 Å². The van der Waals surface area contributed by atoms with Crippen molar-refractivity contribution in [2.45, 2.75) is 76.5 Å². The standard InChI is InChI=1S/C23H35NO6S/c1-3-4-7-11-21(25)18-12-14-19(15-13-18)24-20(22(26)17-23(24)27)10-8-5-6-9-16-31(28,29)30-2/h5,8,12-15,20-22,25-26H,3-4,6-7,9-11,16-17H2,1-2H3/b8-5-. The van der Waals surface area contributed by atoms with Crippen molar-refractivity contribution < 1.29 is 27.6 Å². The van der Waals surface area contributed by atoms with E-state index in [1.807, 2.05) is 36.4 Å². The number of aliphatic hydroxyl groups excluding tert-OH is 2. The minimum atomic E-state index is -3.44. The van der Waals surface area contributed by atoms with E-state index in [2.05, 4.69) is 11.1 Å². The zero-order valence-electron chi connectivity index (χ0n) is 18.4. The Morgan fingerprint density at radius 1 is 1.19 bits per heavy atom. The van der Waals surface area contributed by atoms with Gasteiger partial charge >= 0.3 is 0 Å². The van der Waals surface area contributed by atoms with E-state index in [0.717, 1.165) is 31.9 Å².